The van der Waals surface area contributed by atoms with Crippen molar-refractivity contribution in [2.45, 2.75) is 0 Å². The standard InChI is InChI=1S/2Cs.7FH.Nb/h;;7*1H;/q2*+1;;;;;;;;+5/p-7. The molecule has 56 valence electrons. The van der Waals surface area contributed by atoms with Gasteiger partial charge in [-0.25, -0.2) is 0 Å². The Hall–Kier alpha value is 4.35. The molecule has 0 aliphatic carbocycles. The van der Waals surface area contributed by atoms with Crippen LogP contribution < -0.4 is 138 Å². The van der Waals surface area contributed by atoms with Crippen LogP contribution in [0.5, 0.6) is 0 Å². The molecule has 0 amide bonds. The summed E-state index contributed by atoms with van der Waals surface area (Å²) in [4.78, 5) is 0. The zero-order valence-corrected chi connectivity index (χ0v) is 19.9. The third-order valence-corrected chi connectivity index (χ3v) is 0. The van der Waals surface area contributed by atoms with E-state index in [9.17, 15) is 21.2 Å². The van der Waals surface area contributed by atoms with Gasteiger partial charge in [0, 0.05) is 0 Å². The zero-order chi connectivity index (χ0) is 7.38. The van der Waals surface area contributed by atoms with Gasteiger partial charge in [-0.15, -0.1) is 0 Å². The van der Waals surface area contributed by atoms with E-state index in [0.717, 1.165) is 0 Å². The quantitative estimate of drug-likeness (QED) is 0.250. The van der Waals surface area contributed by atoms with Crippen LogP contribution in [0.2, 0.25) is 0 Å². The van der Waals surface area contributed by atoms with Crippen LogP contribution in [0.25, 0.3) is 0 Å². The van der Waals surface area contributed by atoms with Gasteiger partial charge in [-0.3, -0.25) is 0 Å². The fourth-order valence-electron chi connectivity index (χ4n) is 0. The SMILES string of the molecule is [Cs+].[Cs+].[F][Nb-2]([F])([F])([F])([F])([F])[F]. The van der Waals surface area contributed by atoms with Gasteiger partial charge in [0.25, 0.3) is 0 Å². The first-order valence-electron chi connectivity index (χ1n) is 1.18. The summed E-state index contributed by atoms with van der Waals surface area (Å²) in [5, 5.41) is 0. The molecule has 0 spiro atoms. The van der Waals surface area contributed by atoms with Gasteiger partial charge < -0.3 is 0 Å². The molecule has 0 aromatic rings. The Morgan fingerprint density at radius 3 is 0.500 bits per heavy atom. The van der Waals surface area contributed by atoms with Gasteiger partial charge in [0.2, 0.25) is 0 Å². The van der Waals surface area contributed by atoms with Crippen LogP contribution in [-0.2, 0) is 17.0 Å². The van der Waals surface area contributed by atoms with E-state index < -0.39 is 17.0 Å². The Morgan fingerprint density at radius 1 is 0.500 bits per heavy atom. The van der Waals surface area contributed by atoms with E-state index in [-0.39, 0.29) is 138 Å². The van der Waals surface area contributed by atoms with Crippen LogP contribution in [-0.4, -0.2) is 0 Å². The molecule has 0 aromatic heterocycles. The number of rotatable bonds is 0. The van der Waals surface area contributed by atoms with Crippen molar-refractivity contribution in [3.63, 3.8) is 0 Å². The molecular formula is Cs2F7Nb. The van der Waals surface area contributed by atoms with Crippen LogP contribution in [0.4, 0.5) is 21.2 Å². The molecule has 10 heteroatoms. The van der Waals surface area contributed by atoms with Gasteiger partial charge in [0.15, 0.2) is 0 Å². The Labute approximate surface area is 170 Å². The maximum atomic E-state index is 9.94. The summed E-state index contributed by atoms with van der Waals surface area (Å²) in [6, 6.07) is 0. The molecule has 0 aliphatic rings. The minimum absolute atomic E-state index is 0. The van der Waals surface area contributed by atoms with Crippen LogP contribution >= 0.6 is 0 Å². The van der Waals surface area contributed by atoms with Gasteiger partial charge in [0.1, 0.15) is 0 Å². The van der Waals surface area contributed by atoms with E-state index in [1.807, 2.05) is 0 Å². The Kier molecular flexibility index (Phi) is 6.30. The van der Waals surface area contributed by atoms with Gasteiger partial charge in [-0.05, 0) is 0 Å². The molecule has 0 atom stereocenters. The molecule has 0 radical (unpaired) electrons. The first kappa shape index (κ1) is 19.9. The van der Waals surface area contributed by atoms with Gasteiger partial charge in [-0.2, -0.15) is 0 Å². The molecule has 0 N–H and O–H groups in total. The summed E-state index contributed by atoms with van der Waals surface area (Å²) in [5.41, 5.74) is 0. The molecule has 0 rings (SSSR count). The van der Waals surface area contributed by atoms with Crippen LogP contribution in [0, 0.1) is 0 Å². The second-order valence-corrected chi connectivity index (χ2v) is 7.94. The van der Waals surface area contributed by atoms with Crippen molar-refractivity contribution < 1.29 is 176 Å². The average molecular weight is 492 g/mol. The van der Waals surface area contributed by atoms with Gasteiger partial charge in [0.05, 0.1) is 0 Å². The summed E-state index contributed by atoms with van der Waals surface area (Å²) in [6.45, 7) is 0. The molecule has 0 nitrogen and oxygen atoms in total. The Morgan fingerprint density at radius 2 is 0.500 bits per heavy atom. The zero-order valence-electron chi connectivity index (χ0n) is 5.09. The predicted octanol–water partition coefficient (Wildman–Crippen LogP) is -3.05. The van der Waals surface area contributed by atoms with Crippen molar-refractivity contribution in [1.82, 2.24) is 0 Å². The molecular weight excluding hydrogens is 492 g/mol. The molecule has 10 heavy (non-hydrogen) atoms. The monoisotopic (exact) mass is 492 g/mol. The Balaban J connectivity index is -0.000000245. The number of hydrogen-bond acceptors (Lipinski definition) is 0. The second-order valence-electron chi connectivity index (χ2n) is 1.34. The first-order chi connectivity index (χ1) is 2.65. The Bertz CT molecular complexity index is 104. The summed E-state index contributed by atoms with van der Waals surface area (Å²) in [7, 11) is 0. The average Bonchev–Trinajstić information content (AvgIpc) is 0.544. The molecule has 0 bridgehead atoms. The summed E-state index contributed by atoms with van der Waals surface area (Å²) >= 11 is -13.3. The van der Waals surface area contributed by atoms with Crippen molar-refractivity contribution in [2.75, 3.05) is 0 Å². The van der Waals surface area contributed by atoms with Crippen molar-refractivity contribution in [3.8, 4) is 0 Å². The van der Waals surface area contributed by atoms with Crippen molar-refractivity contribution in [2.24, 2.45) is 0 Å². The fraction of sp³-hybridized carbons (Fsp3) is 0. The fourth-order valence-corrected chi connectivity index (χ4v) is 0. The summed E-state index contributed by atoms with van der Waals surface area (Å²) in [5.74, 6) is 0. The molecule has 0 aliphatic heterocycles. The third-order valence-electron chi connectivity index (χ3n) is 0. The molecule has 0 saturated heterocycles. The summed E-state index contributed by atoms with van der Waals surface area (Å²) in [6.07, 6.45) is 0. The molecule has 0 fully saturated rings. The number of hydrogen-bond donors (Lipinski definition) is 0. The third kappa shape index (κ3) is 84.0. The molecule has 0 saturated carbocycles. The summed E-state index contributed by atoms with van der Waals surface area (Å²) < 4.78 is 69.6. The first-order valence-corrected chi connectivity index (χ1v) is 7.00. The van der Waals surface area contributed by atoms with Crippen molar-refractivity contribution in [1.29, 1.82) is 0 Å². The molecule has 0 unspecified atom stereocenters. The molecule has 0 heterocycles. The minimum atomic E-state index is -13.3. The van der Waals surface area contributed by atoms with E-state index in [2.05, 4.69) is 0 Å². The number of halogens is 7. The van der Waals surface area contributed by atoms with Gasteiger partial charge in [-0.1, -0.05) is 0 Å². The van der Waals surface area contributed by atoms with Crippen LogP contribution in [0.3, 0.4) is 0 Å². The van der Waals surface area contributed by atoms with E-state index >= 15 is 0 Å². The van der Waals surface area contributed by atoms with Crippen LogP contribution in [0.1, 0.15) is 0 Å². The topological polar surface area (TPSA) is 0 Å². The van der Waals surface area contributed by atoms with Crippen LogP contribution in [0.15, 0.2) is 0 Å². The van der Waals surface area contributed by atoms with E-state index in [1.54, 1.807) is 0 Å². The van der Waals surface area contributed by atoms with E-state index in [4.69, 9.17) is 0 Å². The van der Waals surface area contributed by atoms with Crippen molar-refractivity contribution in [3.05, 3.63) is 0 Å². The van der Waals surface area contributed by atoms with Gasteiger partial charge >= 0.3 is 176 Å². The van der Waals surface area contributed by atoms with E-state index in [1.165, 1.54) is 0 Å². The molecule has 0 aromatic carbocycles. The van der Waals surface area contributed by atoms with Crippen molar-refractivity contribution >= 4 is 0 Å². The predicted molar refractivity (Wildman–Crippen MR) is 7.76 cm³/mol. The second kappa shape index (κ2) is 3.17. The maximum absolute atomic E-state index is 13.3. The van der Waals surface area contributed by atoms with E-state index in [0.29, 0.717) is 0 Å². The normalized spacial score (nSPS) is 21.7.